The maximum atomic E-state index is 10.8. The van der Waals surface area contributed by atoms with Crippen molar-refractivity contribution in [2.24, 2.45) is 0 Å². The molecule has 0 heterocycles. The van der Waals surface area contributed by atoms with E-state index in [2.05, 4.69) is 79.3 Å². The number of benzene rings is 7. The second kappa shape index (κ2) is 32.0. The number of halogens is 2. The number of hydrogen-bond donors (Lipinski definition) is 2. The fourth-order valence-electron chi connectivity index (χ4n) is 4.50. The number of ether oxygens (including phenoxy) is 3. The first-order valence-electron chi connectivity index (χ1n) is 19.9. The van der Waals surface area contributed by atoms with Crippen molar-refractivity contribution in [3.8, 4) is 46.7 Å². The van der Waals surface area contributed by atoms with Gasteiger partial charge in [-0.15, -0.1) is 0 Å². The molecular formula is C55H48Br2O9. The lowest BCUT2D eigenvalue weighted by atomic mass is 10.2. The van der Waals surface area contributed by atoms with Gasteiger partial charge >= 0.3 is 23.9 Å². The molecule has 0 bridgehead atoms. The first kappa shape index (κ1) is 54.4. The molecule has 0 amide bonds. The van der Waals surface area contributed by atoms with Crippen LogP contribution in [0, 0.1) is 30.6 Å². The summed E-state index contributed by atoms with van der Waals surface area (Å²) in [5.41, 5.74) is 5.07. The topological polar surface area (TPSA) is 136 Å². The second-order valence-electron chi connectivity index (χ2n) is 13.2. The number of esters is 4. The fraction of sp³-hybridized carbons (Fsp3) is 0.0909. The zero-order valence-corrected chi connectivity index (χ0v) is 40.1. The number of aryl methyl sites for hydroxylation is 1. The number of phenolic OH excluding ortho intramolecular Hbond substituents is 2. The first-order chi connectivity index (χ1) is 31.6. The van der Waals surface area contributed by atoms with Crippen LogP contribution in [0.5, 0.6) is 23.0 Å². The van der Waals surface area contributed by atoms with E-state index in [0.717, 1.165) is 31.2 Å². The van der Waals surface area contributed by atoms with Crippen molar-refractivity contribution in [2.75, 3.05) is 0 Å². The van der Waals surface area contributed by atoms with E-state index in [4.69, 9.17) is 19.7 Å². The summed E-state index contributed by atoms with van der Waals surface area (Å²) >= 11 is 6.51. The standard InChI is InChI=1S/C16H12O2.C14H10O.C8H7BrO2.C7H8.C6H5BrO.C4H6O3/c1-13(17)18-16-11-9-15(10-12-16)8-7-14-5-3-2-4-6-14;15-14-10-8-13(9-11-14)7-6-12-4-2-1-3-5-12;1-6(10)11-8-4-2-7(9)3-5-8;1-7-5-3-2-4-6-7;7-5-1-3-6(8)4-2-5;1-3(5)7-4(2)6/h2-6,9-12H,1H3;1-5,8-11,15H;2-5H,1H3;2-6H,1H3;1-4,8H;1-2H3. The molecule has 0 unspecified atom stereocenters. The SMILES string of the molecule is CC(=O)OC(C)=O.CC(=O)Oc1ccc(Br)cc1.CC(=O)Oc1ccc(C#Cc2ccccc2)cc1.Cc1ccccc1.Oc1ccc(Br)cc1.Oc1ccc(C#Cc2ccccc2)cc1. The van der Waals surface area contributed by atoms with Crippen LogP contribution in [-0.2, 0) is 23.9 Å². The Kier molecular flexibility index (Phi) is 26.4. The average molecular weight is 1010 g/mol. The van der Waals surface area contributed by atoms with Gasteiger partial charge in [0.15, 0.2) is 0 Å². The Bertz CT molecular complexity index is 2600. The third-order valence-electron chi connectivity index (χ3n) is 7.36. The van der Waals surface area contributed by atoms with E-state index in [1.165, 1.54) is 33.3 Å². The van der Waals surface area contributed by atoms with Crippen LogP contribution in [0.15, 0.2) is 197 Å². The number of rotatable bonds is 2. The van der Waals surface area contributed by atoms with Gasteiger partial charge in [-0.05, 0) is 128 Å². The van der Waals surface area contributed by atoms with E-state index < -0.39 is 11.9 Å². The maximum absolute atomic E-state index is 10.8. The predicted octanol–water partition coefficient (Wildman–Crippen LogP) is 12.4. The van der Waals surface area contributed by atoms with Gasteiger partial charge < -0.3 is 24.4 Å². The number of carbonyl (C=O) groups is 4. The normalized spacial score (nSPS) is 8.95. The highest BCUT2D eigenvalue weighted by Gasteiger charge is 1.98. The number of hydrogen-bond acceptors (Lipinski definition) is 9. The molecule has 0 aliphatic carbocycles. The van der Waals surface area contributed by atoms with E-state index in [-0.39, 0.29) is 17.7 Å². The quantitative estimate of drug-likeness (QED) is 0.0751. The van der Waals surface area contributed by atoms with Gasteiger partial charge in [0.05, 0.1) is 0 Å². The minimum absolute atomic E-state index is 0.264. The Morgan fingerprint density at radius 1 is 0.379 bits per heavy atom. The lowest BCUT2D eigenvalue weighted by Crippen LogP contribution is -2.03. The Morgan fingerprint density at radius 2 is 0.652 bits per heavy atom. The monoisotopic (exact) mass is 1010 g/mol. The molecule has 11 heteroatoms. The molecule has 0 aliphatic heterocycles. The van der Waals surface area contributed by atoms with Crippen LogP contribution in [0.3, 0.4) is 0 Å². The summed E-state index contributed by atoms with van der Waals surface area (Å²) < 4.78 is 15.7. The largest absolute Gasteiger partial charge is 0.508 e. The van der Waals surface area contributed by atoms with E-state index in [1.807, 2.05) is 103 Å². The minimum atomic E-state index is -0.562. The van der Waals surface area contributed by atoms with Crippen molar-refractivity contribution >= 4 is 55.7 Å². The summed E-state index contributed by atoms with van der Waals surface area (Å²) in [6, 6.07) is 57.8. The van der Waals surface area contributed by atoms with Crippen LogP contribution >= 0.6 is 31.9 Å². The third kappa shape index (κ3) is 28.1. The average Bonchev–Trinajstić information content (AvgIpc) is 3.29. The molecule has 0 aliphatic rings. The van der Waals surface area contributed by atoms with Gasteiger partial charge in [0.2, 0.25) is 0 Å². The predicted molar refractivity (Wildman–Crippen MR) is 266 cm³/mol. The molecule has 0 radical (unpaired) electrons. The number of carbonyl (C=O) groups excluding carboxylic acids is 4. The van der Waals surface area contributed by atoms with Crippen LogP contribution in [0.1, 0.15) is 55.5 Å². The zero-order valence-electron chi connectivity index (χ0n) is 36.9. The fourth-order valence-corrected chi connectivity index (χ4v) is 5.02. The van der Waals surface area contributed by atoms with Crippen molar-refractivity contribution in [2.45, 2.75) is 34.6 Å². The summed E-state index contributed by atoms with van der Waals surface area (Å²) in [6.07, 6.45) is 0. The van der Waals surface area contributed by atoms with Crippen LogP contribution in [0.25, 0.3) is 0 Å². The molecule has 2 N–H and O–H groups in total. The van der Waals surface area contributed by atoms with E-state index in [1.54, 1.807) is 72.8 Å². The molecule has 0 fully saturated rings. The molecule has 7 aromatic carbocycles. The molecule has 7 rings (SSSR count). The third-order valence-corrected chi connectivity index (χ3v) is 8.42. The van der Waals surface area contributed by atoms with Gasteiger partial charge in [-0.1, -0.05) is 128 Å². The highest BCUT2D eigenvalue weighted by atomic mass is 79.9. The van der Waals surface area contributed by atoms with Gasteiger partial charge in [0.25, 0.3) is 0 Å². The summed E-state index contributed by atoms with van der Waals surface area (Å²) in [5.74, 6) is 12.1. The molecule has 0 saturated heterocycles. The van der Waals surface area contributed by atoms with Gasteiger partial charge in [0.1, 0.15) is 23.0 Å². The molecule has 9 nitrogen and oxygen atoms in total. The number of phenols is 2. The summed E-state index contributed by atoms with van der Waals surface area (Å²) in [4.78, 5) is 40.8. The zero-order chi connectivity index (χ0) is 48.5. The highest BCUT2D eigenvalue weighted by Crippen LogP contribution is 2.16. The van der Waals surface area contributed by atoms with Crippen LogP contribution in [0.2, 0.25) is 0 Å². The number of aromatic hydroxyl groups is 2. The van der Waals surface area contributed by atoms with Gasteiger partial charge in [-0.25, -0.2) is 0 Å². The molecule has 0 atom stereocenters. The van der Waals surface area contributed by atoms with E-state index in [9.17, 15) is 19.2 Å². The molecule has 0 aromatic heterocycles. The highest BCUT2D eigenvalue weighted by molar-refractivity contribution is 9.10. The smallest absolute Gasteiger partial charge is 0.310 e. The molecule has 7 aromatic rings. The Balaban J connectivity index is 0.000000283. The minimum Gasteiger partial charge on any atom is -0.508 e. The summed E-state index contributed by atoms with van der Waals surface area (Å²) in [5, 5.41) is 17.8. The van der Waals surface area contributed by atoms with Crippen molar-refractivity contribution in [1.82, 2.24) is 0 Å². The molecule has 0 spiro atoms. The summed E-state index contributed by atoms with van der Waals surface area (Å²) in [6.45, 7) is 7.20. The Morgan fingerprint density at radius 3 is 0.924 bits per heavy atom. The molecule has 66 heavy (non-hydrogen) atoms. The molecular weight excluding hydrogens is 964 g/mol. The Hall–Kier alpha value is -7.70. The maximum Gasteiger partial charge on any atom is 0.310 e. The molecule has 0 saturated carbocycles. The molecule has 336 valence electrons. The summed E-state index contributed by atoms with van der Waals surface area (Å²) in [7, 11) is 0. The van der Waals surface area contributed by atoms with E-state index >= 15 is 0 Å². The van der Waals surface area contributed by atoms with Crippen molar-refractivity contribution in [3.63, 3.8) is 0 Å². The Labute approximate surface area is 403 Å². The van der Waals surface area contributed by atoms with Crippen LogP contribution < -0.4 is 9.47 Å². The van der Waals surface area contributed by atoms with Gasteiger partial charge in [-0.2, -0.15) is 0 Å². The van der Waals surface area contributed by atoms with Crippen molar-refractivity contribution in [1.29, 1.82) is 0 Å². The van der Waals surface area contributed by atoms with Gasteiger partial charge in [-0.3, -0.25) is 19.2 Å². The van der Waals surface area contributed by atoms with Crippen LogP contribution in [0.4, 0.5) is 0 Å². The lowest BCUT2D eigenvalue weighted by molar-refractivity contribution is -0.156. The lowest BCUT2D eigenvalue weighted by Gasteiger charge is -1.99. The van der Waals surface area contributed by atoms with Crippen molar-refractivity contribution in [3.05, 3.63) is 225 Å². The van der Waals surface area contributed by atoms with Gasteiger partial charge in [0, 0.05) is 58.9 Å². The second-order valence-corrected chi connectivity index (χ2v) is 15.0. The van der Waals surface area contributed by atoms with Crippen LogP contribution in [-0.4, -0.2) is 34.1 Å². The first-order valence-corrected chi connectivity index (χ1v) is 21.5. The van der Waals surface area contributed by atoms with Crippen molar-refractivity contribution < 1.29 is 43.6 Å². The van der Waals surface area contributed by atoms with E-state index in [0.29, 0.717) is 17.2 Å².